The fourth-order valence-electron chi connectivity index (χ4n) is 3.15. The maximum Gasteiger partial charge on any atom is 0.416 e. The van der Waals surface area contributed by atoms with E-state index < -0.39 is 17.6 Å². The van der Waals surface area contributed by atoms with E-state index in [0.717, 1.165) is 12.1 Å². The van der Waals surface area contributed by atoms with Crippen molar-refractivity contribution in [3.8, 4) is 28.5 Å². The van der Waals surface area contributed by atoms with Gasteiger partial charge in [-0.3, -0.25) is 10.1 Å². The van der Waals surface area contributed by atoms with Crippen molar-refractivity contribution in [2.45, 2.75) is 12.6 Å². The van der Waals surface area contributed by atoms with E-state index in [1.165, 1.54) is 24.3 Å². The zero-order valence-electron chi connectivity index (χ0n) is 16.9. The van der Waals surface area contributed by atoms with Crippen LogP contribution in [0.25, 0.3) is 22.7 Å². The molecular formula is C24H16ClF3N2O3. The molecule has 0 bridgehead atoms. The Morgan fingerprint density at radius 2 is 1.70 bits per heavy atom. The molecule has 0 aliphatic rings. The van der Waals surface area contributed by atoms with Crippen LogP contribution in [-0.2, 0) is 17.4 Å². The first-order chi connectivity index (χ1) is 15.7. The van der Waals surface area contributed by atoms with Crippen LogP contribution in [0.2, 0.25) is 5.02 Å². The lowest BCUT2D eigenvalue weighted by molar-refractivity contribution is -0.137. The zero-order valence-corrected chi connectivity index (χ0v) is 17.6. The second-order valence-electron chi connectivity index (χ2n) is 7.14. The number of phenolic OH excluding ortho intramolecular Hbond substituents is 1. The molecule has 0 fully saturated rings. The summed E-state index contributed by atoms with van der Waals surface area (Å²) in [5, 5.41) is 12.9. The minimum Gasteiger partial charge on any atom is -0.508 e. The van der Waals surface area contributed by atoms with Crippen LogP contribution in [0.5, 0.6) is 5.75 Å². The molecule has 0 atom stereocenters. The van der Waals surface area contributed by atoms with Gasteiger partial charge in [-0.05, 0) is 36.4 Å². The molecule has 2 N–H and O–H groups in total. The summed E-state index contributed by atoms with van der Waals surface area (Å²) in [6.07, 6.45) is -4.66. The van der Waals surface area contributed by atoms with E-state index in [0.29, 0.717) is 21.7 Å². The van der Waals surface area contributed by atoms with Crippen LogP contribution in [0.15, 0.2) is 77.2 Å². The average molecular weight is 473 g/mol. The molecule has 0 saturated carbocycles. The first-order valence-corrected chi connectivity index (χ1v) is 10.1. The third-order valence-corrected chi connectivity index (χ3v) is 5.02. The Morgan fingerprint density at radius 1 is 1.00 bits per heavy atom. The molecule has 4 rings (SSSR count). The third kappa shape index (κ3) is 5.18. The summed E-state index contributed by atoms with van der Waals surface area (Å²) < 4.78 is 44.6. The molecule has 168 valence electrons. The number of rotatable bonds is 5. The standard InChI is InChI=1S/C24H16ClF3N2O3/c25-18-11-8-16(19(31)13-18)12-20(32)29-23-21(14-6-9-17(10-7-14)24(26,27)28)30-22(33-23)15-4-2-1-3-5-15/h1-11,13,31H,12H2,(H,29,32). The smallest absolute Gasteiger partial charge is 0.416 e. The quantitative estimate of drug-likeness (QED) is 0.344. The number of carbonyl (C=O) groups excluding carboxylic acids is 1. The molecule has 0 spiro atoms. The van der Waals surface area contributed by atoms with Crippen molar-refractivity contribution in [2.24, 2.45) is 0 Å². The van der Waals surface area contributed by atoms with Crippen molar-refractivity contribution in [3.05, 3.63) is 88.9 Å². The molecule has 0 aliphatic heterocycles. The number of benzene rings is 3. The van der Waals surface area contributed by atoms with Gasteiger partial charge in [0.2, 0.25) is 17.7 Å². The summed E-state index contributed by atoms with van der Waals surface area (Å²) >= 11 is 5.82. The predicted octanol–water partition coefficient (Wildman–Crippen LogP) is 6.57. The Hall–Kier alpha value is -3.78. The van der Waals surface area contributed by atoms with Gasteiger partial charge in [0.05, 0.1) is 12.0 Å². The van der Waals surface area contributed by atoms with E-state index in [-0.39, 0.29) is 29.6 Å². The topological polar surface area (TPSA) is 75.4 Å². The highest BCUT2D eigenvalue weighted by Gasteiger charge is 2.30. The normalized spacial score (nSPS) is 11.4. The molecule has 3 aromatic carbocycles. The third-order valence-electron chi connectivity index (χ3n) is 4.78. The largest absolute Gasteiger partial charge is 0.508 e. The molecule has 0 aliphatic carbocycles. The van der Waals surface area contributed by atoms with Gasteiger partial charge in [-0.2, -0.15) is 13.2 Å². The number of hydrogen-bond acceptors (Lipinski definition) is 4. The zero-order chi connectivity index (χ0) is 23.6. The number of amides is 1. The summed E-state index contributed by atoms with van der Waals surface area (Å²) in [4.78, 5) is 17.0. The number of aromatic nitrogens is 1. The molecule has 0 saturated heterocycles. The van der Waals surface area contributed by atoms with Crippen LogP contribution < -0.4 is 5.32 Å². The van der Waals surface area contributed by atoms with E-state index in [1.807, 2.05) is 6.07 Å². The number of oxazole rings is 1. The van der Waals surface area contributed by atoms with E-state index in [4.69, 9.17) is 16.0 Å². The second-order valence-corrected chi connectivity index (χ2v) is 7.57. The van der Waals surface area contributed by atoms with Crippen molar-refractivity contribution < 1.29 is 27.5 Å². The van der Waals surface area contributed by atoms with Gasteiger partial charge in [0.25, 0.3) is 0 Å². The van der Waals surface area contributed by atoms with Gasteiger partial charge < -0.3 is 9.52 Å². The van der Waals surface area contributed by atoms with Crippen LogP contribution in [0.3, 0.4) is 0 Å². The Kier molecular flexibility index (Phi) is 6.11. The minimum atomic E-state index is -4.48. The monoisotopic (exact) mass is 472 g/mol. The second kappa shape index (κ2) is 8.99. The number of carbonyl (C=O) groups is 1. The predicted molar refractivity (Wildman–Crippen MR) is 118 cm³/mol. The van der Waals surface area contributed by atoms with Gasteiger partial charge in [0, 0.05) is 21.7 Å². The van der Waals surface area contributed by atoms with E-state index in [2.05, 4.69) is 10.3 Å². The SMILES string of the molecule is O=C(Cc1ccc(Cl)cc1O)Nc1oc(-c2ccccc2)nc1-c1ccc(C(F)(F)F)cc1. The van der Waals surface area contributed by atoms with Crippen molar-refractivity contribution in [3.63, 3.8) is 0 Å². The molecule has 9 heteroatoms. The lowest BCUT2D eigenvalue weighted by Crippen LogP contribution is -2.14. The van der Waals surface area contributed by atoms with E-state index in [1.54, 1.807) is 30.3 Å². The molecular weight excluding hydrogens is 457 g/mol. The van der Waals surface area contributed by atoms with Gasteiger partial charge in [-0.25, -0.2) is 4.98 Å². The Morgan fingerprint density at radius 3 is 2.33 bits per heavy atom. The van der Waals surface area contributed by atoms with Gasteiger partial charge in [-0.15, -0.1) is 0 Å². The Balaban J connectivity index is 1.67. The van der Waals surface area contributed by atoms with Crippen molar-refractivity contribution in [1.29, 1.82) is 0 Å². The number of hydrogen-bond donors (Lipinski definition) is 2. The molecule has 1 amide bonds. The highest BCUT2D eigenvalue weighted by atomic mass is 35.5. The maximum absolute atomic E-state index is 12.9. The Labute approximate surface area is 191 Å². The summed E-state index contributed by atoms with van der Waals surface area (Å²) in [5.74, 6) is -0.484. The molecule has 4 aromatic rings. The van der Waals surface area contributed by atoms with Crippen LogP contribution in [0, 0.1) is 0 Å². The number of nitrogens with zero attached hydrogens (tertiary/aromatic N) is 1. The maximum atomic E-state index is 12.9. The lowest BCUT2D eigenvalue weighted by atomic mass is 10.1. The van der Waals surface area contributed by atoms with E-state index >= 15 is 0 Å². The van der Waals surface area contributed by atoms with Gasteiger partial charge in [0.15, 0.2) is 0 Å². The van der Waals surface area contributed by atoms with Crippen LogP contribution >= 0.6 is 11.6 Å². The minimum absolute atomic E-state index is 0.0212. The average Bonchev–Trinajstić information content (AvgIpc) is 3.19. The van der Waals surface area contributed by atoms with Crippen molar-refractivity contribution in [1.82, 2.24) is 4.98 Å². The number of nitrogens with one attached hydrogen (secondary N) is 1. The summed E-state index contributed by atoms with van der Waals surface area (Å²) in [6, 6.07) is 17.6. The Bertz CT molecular complexity index is 1290. The number of phenols is 1. The molecule has 1 heterocycles. The van der Waals surface area contributed by atoms with Crippen LogP contribution in [0.4, 0.5) is 19.1 Å². The number of anilines is 1. The van der Waals surface area contributed by atoms with Gasteiger partial charge in [0.1, 0.15) is 11.4 Å². The first kappa shape index (κ1) is 22.4. The molecule has 0 unspecified atom stereocenters. The molecule has 0 radical (unpaired) electrons. The summed E-state index contributed by atoms with van der Waals surface area (Å²) in [6.45, 7) is 0. The number of halogens is 4. The highest BCUT2D eigenvalue weighted by Crippen LogP contribution is 2.35. The summed E-state index contributed by atoms with van der Waals surface area (Å²) in [5.41, 5.74) is 0.675. The number of aromatic hydroxyl groups is 1. The van der Waals surface area contributed by atoms with Crippen molar-refractivity contribution in [2.75, 3.05) is 5.32 Å². The first-order valence-electron chi connectivity index (χ1n) is 9.72. The van der Waals surface area contributed by atoms with E-state index in [9.17, 15) is 23.1 Å². The summed E-state index contributed by atoms with van der Waals surface area (Å²) in [7, 11) is 0. The lowest BCUT2D eigenvalue weighted by Gasteiger charge is -2.08. The fourth-order valence-corrected chi connectivity index (χ4v) is 3.32. The molecule has 5 nitrogen and oxygen atoms in total. The fraction of sp³-hybridized carbons (Fsp3) is 0.0833. The van der Waals surface area contributed by atoms with Crippen molar-refractivity contribution >= 4 is 23.4 Å². The van der Waals surface area contributed by atoms with Gasteiger partial charge >= 0.3 is 6.18 Å². The van der Waals surface area contributed by atoms with Crippen LogP contribution in [-0.4, -0.2) is 16.0 Å². The van der Waals surface area contributed by atoms with Gasteiger partial charge in [-0.1, -0.05) is 48.0 Å². The highest BCUT2D eigenvalue weighted by molar-refractivity contribution is 6.30. The molecule has 1 aromatic heterocycles. The number of alkyl halides is 3. The molecule has 33 heavy (non-hydrogen) atoms. The van der Waals surface area contributed by atoms with Crippen LogP contribution in [0.1, 0.15) is 11.1 Å².